The van der Waals surface area contributed by atoms with E-state index in [4.69, 9.17) is 16.3 Å². The van der Waals surface area contributed by atoms with E-state index < -0.39 is 0 Å². The predicted molar refractivity (Wildman–Crippen MR) is 82.6 cm³/mol. The number of ether oxygens (including phenoxy) is 1. The van der Waals surface area contributed by atoms with Gasteiger partial charge in [0.15, 0.2) is 11.5 Å². The van der Waals surface area contributed by atoms with Gasteiger partial charge in [0.2, 0.25) is 0 Å². The Morgan fingerprint density at radius 1 is 1.35 bits per heavy atom. The molecule has 112 valence electrons. The van der Waals surface area contributed by atoms with Crippen molar-refractivity contribution in [1.82, 2.24) is 4.90 Å². The molecule has 1 aromatic rings. The van der Waals surface area contributed by atoms with E-state index in [1.807, 2.05) is 6.07 Å². The lowest BCUT2D eigenvalue weighted by molar-refractivity contribution is 0.184. The monoisotopic (exact) mass is 297 g/mol. The van der Waals surface area contributed by atoms with E-state index in [1.54, 1.807) is 13.2 Å². The van der Waals surface area contributed by atoms with Crippen molar-refractivity contribution in [2.75, 3.05) is 13.7 Å². The second-order valence-electron chi connectivity index (χ2n) is 5.50. The molecule has 0 amide bonds. The van der Waals surface area contributed by atoms with Crippen LogP contribution in [0.2, 0.25) is 5.02 Å². The van der Waals surface area contributed by atoms with Crippen LogP contribution < -0.4 is 4.74 Å². The van der Waals surface area contributed by atoms with E-state index in [2.05, 4.69) is 11.8 Å². The van der Waals surface area contributed by atoms with E-state index >= 15 is 0 Å². The lowest BCUT2D eigenvalue weighted by Crippen LogP contribution is -2.33. The van der Waals surface area contributed by atoms with Gasteiger partial charge >= 0.3 is 0 Å². The summed E-state index contributed by atoms with van der Waals surface area (Å²) in [5, 5.41) is 10.9. The summed E-state index contributed by atoms with van der Waals surface area (Å²) in [4.78, 5) is 2.47. The van der Waals surface area contributed by atoms with Gasteiger partial charge in [-0.25, -0.2) is 0 Å². The van der Waals surface area contributed by atoms with Crippen LogP contribution in [0.15, 0.2) is 12.1 Å². The minimum Gasteiger partial charge on any atom is -0.504 e. The summed E-state index contributed by atoms with van der Waals surface area (Å²) in [7, 11) is 1.55. The maximum Gasteiger partial charge on any atom is 0.162 e. The Morgan fingerprint density at radius 2 is 2.15 bits per heavy atom. The van der Waals surface area contributed by atoms with Gasteiger partial charge in [-0.3, -0.25) is 4.90 Å². The average Bonchev–Trinajstić information content (AvgIpc) is 2.67. The van der Waals surface area contributed by atoms with Crippen LogP contribution in [0.1, 0.15) is 44.6 Å². The van der Waals surface area contributed by atoms with Gasteiger partial charge in [-0.15, -0.1) is 0 Å². The first-order chi connectivity index (χ1) is 9.65. The topological polar surface area (TPSA) is 32.7 Å². The number of aromatic hydroxyl groups is 1. The largest absolute Gasteiger partial charge is 0.504 e. The van der Waals surface area contributed by atoms with Gasteiger partial charge in [-0.1, -0.05) is 31.4 Å². The quantitative estimate of drug-likeness (QED) is 0.903. The fourth-order valence-corrected chi connectivity index (χ4v) is 3.26. The van der Waals surface area contributed by atoms with E-state index in [9.17, 15) is 5.11 Å². The second kappa shape index (κ2) is 7.19. The number of hydrogen-bond donors (Lipinski definition) is 1. The Balaban J connectivity index is 2.21. The molecule has 4 heteroatoms. The molecule has 0 aliphatic carbocycles. The van der Waals surface area contributed by atoms with Crippen LogP contribution in [-0.2, 0) is 6.54 Å². The molecule has 2 rings (SSSR count). The van der Waals surface area contributed by atoms with Crippen molar-refractivity contribution in [2.24, 2.45) is 0 Å². The molecule has 1 unspecified atom stereocenters. The smallest absolute Gasteiger partial charge is 0.162 e. The SMILES string of the molecule is CCC1CCCCCN1Cc1cc(Cl)cc(OC)c1O. The van der Waals surface area contributed by atoms with Crippen LogP contribution in [0.25, 0.3) is 0 Å². The maximum atomic E-state index is 10.3. The van der Waals surface area contributed by atoms with Gasteiger partial charge in [0.05, 0.1) is 7.11 Å². The number of rotatable bonds is 4. The maximum absolute atomic E-state index is 10.3. The Kier molecular flexibility index (Phi) is 5.55. The average molecular weight is 298 g/mol. The molecule has 1 saturated heterocycles. The highest BCUT2D eigenvalue weighted by molar-refractivity contribution is 6.30. The van der Waals surface area contributed by atoms with Crippen molar-refractivity contribution in [3.8, 4) is 11.5 Å². The molecule has 1 atom stereocenters. The van der Waals surface area contributed by atoms with Gasteiger partial charge in [-0.05, 0) is 31.9 Å². The first kappa shape index (κ1) is 15.5. The Labute approximate surface area is 126 Å². The van der Waals surface area contributed by atoms with Crippen LogP contribution in [0.5, 0.6) is 11.5 Å². The summed E-state index contributed by atoms with van der Waals surface area (Å²) >= 11 is 6.11. The first-order valence-electron chi connectivity index (χ1n) is 7.45. The predicted octanol–water partition coefficient (Wildman–Crippen LogP) is 4.21. The summed E-state index contributed by atoms with van der Waals surface area (Å²) in [6.45, 7) is 4.06. The minimum atomic E-state index is 0.219. The zero-order valence-corrected chi connectivity index (χ0v) is 13.1. The molecule has 0 aromatic heterocycles. The molecular weight excluding hydrogens is 274 g/mol. The zero-order chi connectivity index (χ0) is 14.5. The molecule has 1 fully saturated rings. The highest BCUT2D eigenvalue weighted by atomic mass is 35.5. The first-order valence-corrected chi connectivity index (χ1v) is 7.83. The van der Waals surface area contributed by atoms with Crippen molar-refractivity contribution in [3.63, 3.8) is 0 Å². The van der Waals surface area contributed by atoms with Crippen LogP contribution in [0, 0.1) is 0 Å². The molecule has 0 saturated carbocycles. The van der Waals surface area contributed by atoms with Gasteiger partial charge in [-0.2, -0.15) is 0 Å². The van der Waals surface area contributed by atoms with Crippen molar-refractivity contribution < 1.29 is 9.84 Å². The van der Waals surface area contributed by atoms with E-state index in [-0.39, 0.29) is 5.75 Å². The Hall–Kier alpha value is -0.930. The molecule has 1 N–H and O–H groups in total. The second-order valence-corrected chi connectivity index (χ2v) is 5.93. The summed E-state index contributed by atoms with van der Waals surface area (Å²) in [6.07, 6.45) is 6.24. The summed E-state index contributed by atoms with van der Waals surface area (Å²) in [5.74, 6) is 0.673. The van der Waals surface area contributed by atoms with Crippen molar-refractivity contribution in [1.29, 1.82) is 0 Å². The number of hydrogen-bond acceptors (Lipinski definition) is 3. The standard InChI is InChI=1S/C16H24ClNO2/c1-3-14-7-5-4-6-8-18(14)11-12-9-13(17)10-15(20-2)16(12)19/h9-10,14,19H,3-8,11H2,1-2H3. The number of methoxy groups -OCH3 is 1. The fraction of sp³-hybridized carbons (Fsp3) is 0.625. The number of phenols is 1. The highest BCUT2D eigenvalue weighted by Crippen LogP contribution is 2.35. The summed E-state index contributed by atoms with van der Waals surface area (Å²) < 4.78 is 5.18. The Bertz CT molecular complexity index is 450. The molecular formula is C16H24ClNO2. The number of halogens is 1. The fourth-order valence-electron chi connectivity index (χ4n) is 3.03. The van der Waals surface area contributed by atoms with E-state index in [0.717, 1.165) is 25.1 Å². The zero-order valence-electron chi connectivity index (χ0n) is 12.4. The minimum absolute atomic E-state index is 0.219. The lowest BCUT2D eigenvalue weighted by Gasteiger charge is -2.29. The number of nitrogens with zero attached hydrogens (tertiary/aromatic N) is 1. The summed E-state index contributed by atoms with van der Waals surface area (Å²) in [6, 6.07) is 4.10. The number of likely N-dealkylation sites (tertiary alicyclic amines) is 1. The van der Waals surface area contributed by atoms with Crippen molar-refractivity contribution in [3.05, 3.63) is 22.7 Å². The van der Waals surface area contributed by atoms with Gasteiger partial charge in [0.1, 0.15) is 0 Å². The Morgan fingerprint density at radius 3 is 2.85 bits per heavy atom. The van der Waals surface area contributed by atoms with Gasteiger partial charge in [0, 0.05) is 29.2 Å². The molecule has 0 bridgehead atoms. The normalized spacial score (nSPS) is 20.6. The third-order valence-electron chi connectivity index (χ3n) is 4.18. The molecule has 3 nitrogen and oxygen atoms in total. The van der Waals surface area contributed by atoms with E-state index in [1.165, 1.54) is 25.7 Å². The summed E-state index contributed by atoms with van der Waals surface area (Å²) in [5.41, 5.74) is 0.856. The van der Waals surface area contributed by atoms with Crippen molar-refractivity contribution in [2.45, 2.75) is 51.6 Å². The molecule has 1 aromatic carbocycles. The number of phenolic OH excluding ortho intramolecular Hbond substituents is 1. The molecule has 0 radical (unpaired) electrons. The lowest BCUT2D eigenvalue weighted by atomic mass is 10.1. The number of benzene rings is 1. The third kappa shape index (κ3) is 3.58. The third-order valence-corrected chi connectivity index (χ3v) is 4.40. The van der Waals surface area contributed by atoms with Gasteiger partial charge in [0.25, 0.3) is 0 Å². The highest BCUT2D eigenvalue weighted by Gasteiger charge is 2.21. The van der Waals surface area contributed by atoms with Crippen LogP contribution in [0.4, 0.5) is 0 Å². The molecule has 1 heterocycles. The van der Waals surface area contributed by atoms with Crippen LogP contribution in [-0.4, -0.2) is 29.7 Å². The molecule has 0 spiro atoms. The van der Waals surface area contributed by atoms with Crippen molar-refractivity contribution >= 4 is 11.6 Å². The van der Waals surface area contributed by atoms with Gasteiger partial charge < -0.3 is 9.84 Å². The molecule has 1 aliphatic rings. The van der Waals surface area contributed by atoms with Crippen LogP contribution in [0.3, 0.4) is 0 Å². The molecule has 20 heavy (non-hydrogen) atoms. The van der Waals surface area contributed by atoms with E-state index in [0.29, 0.717) is 16.8 Å². The van der Waals surface area contributed by atoms with Crippen LogP contribution >= 0.6 is 11.6 Å². The molecule has 1 aliphatic heterocycles.